The van der Waals surface area contributed by atoms with Gasteiger partial charge < -0.3 is 0 Å². The smallest absolute Gasteiger partial charge is 0.153 e. The molecule has 0 fully saturated rings. The molecular weight excluding hydrogens is 264 g/mol. The Hall–Kier alpha value is -3.26. The van der Waals surface area contributed by atoms with Gasteiger partial charge in [0, 0.05) is 24.2 Å². The van der Waals surface area contributed by atoms with E-state index in [4.69, 9.17) is 5.26 Å². The second kappa shape index (κ2) is 5.39. The van der Waals surface area contributed by atoms with E-state index >= 15 is 0 Å². The Labute approximate surface area is 121 Å². The minimum atomic E-state index is 0.497. The minimum absolute atomic E-state index is 0.497. The zero-order valence-corrected chi connectivity index (χ0v) is 11.0. The molecule has 2 aromatic heterocycles. The third-order valence-corrected chi connectivity index (χ3v) is 3.08. The molecule has 0 N–H and O–H groups in total. The van der Waals surface area contributed by atoms with Gasteiger partial charge in [0.1, 0.15) is 5.69 Å². The highest BCUT2D eigenvalue weighted by molar-refractivity contribution is 5.85. The minimum Gasteiger partial charge on any atom is -0.298 e. The third-order valence-electron chi connectivity index (χ3n) is 3.08. The first-order valence-electron chi connectivity index (χ1n) is 6.27. The van der Waals surface area contributed by atoms with Crippen LogP contribution in [0.3, 0.4) is 0 Å². The molecule has 0 spiro atoms. The van der Waals surface area contributed by atoms with E-state index < -0.39 is 0 Å². The van der Waals surface area contributed by atoms with E-state index in [2.05, 4.69) is 16.2 Å². The number of rotatable bonds is 3. The molecule has 3 aromatic rings. The van der Waals surface area contributed by atoms with Crippen LogP contribution in [0.2, 0.25) is 0 Å². The molecule has 0 aliphatic rings. The van der Waals surface area contributed by atoms with Crippen LogP contribution in [-0.2, 0) is 0 Å². The average Bonchev–Trinajstić information content (AvgIpc) is 3.00. The van der Waals surface area contributed by atoms with Crippen LogP contribution in [0, 0.1) is 11.3 Å². The first-order valence-corrected chi connectivity index (χ1v) is 6.27. The van der Waals surface area contributed by atoms with Gasteiger partial charge in [0.25, 0.3) is 0 Å². The Morgan fingerprint density at radius 3 is 2.43 bits per heavy atom. The van der Waals surface area contributed by atoms with Crippen LogP contribution in [0.1, 0.15) is 15.9 Å². The van der Waals surface area contributed by atoms with Crippen molar-refractivity contribution in [1.82, 2.24) is 14.8 Å². The molecule has 5 heteroatoms. The van der Waals surface area contributed by atoms with Crippen LogP contribution >= 0.6 is 0 Å². The van der Waals surface area contributed by atoms with Crippen molar-refractivity contribution < 1.29 is 4.79 Å². The van der Waals surface area contributed by atoms with Crippen molar-refractivity contribution in [2.45, 2.75) is 0 Å². The van der Waals surface area contributed by atoms with E-state index in [0.29, 0.717) is 16.8 Å². The van der Waals surface area contributed by atoms with Gasteiger partial charge in [0.15, 0.2) is 6.29 Å². The number of aldehydes is 1. The fourth-order valence-corrected chi connectivity index (χ4v) is 2.03. The van der Waals surface area contributed by atoms with E-state index in [1.807, 2.05) is 12.1 Å². The fraction of sp³-hybridized carbons (Fsp3) is 0. The molecule has 0 aliphatic heterocycles. The first kappa shape index (κ1) is 12.8. The zero-order valence-electron chi connectivity index (χ0n) is 11.0. The lowest BCUT2D eigenvalue weighted by Crippen LogP contribution is -1.94. The van der Waals surface area contributed by atoms with Gasteiger partial charge in [-0.2, -0.15) is 10.4 Å². The summed E-state index contributed by atoms with van der Waals surface area (Å²) in [5.74, 6) is 0. The van der Waals surface area contributed by atoms with Gasteiger partial charge in [-0.1, -0.05) is 12.1 Å². The lowest BCUT2D eigenvalue weighted by molar-refractivity contribution is 0.112. The maximum Gasteiger partial charge on any atom is 0.153 e. The van der Waals surface area contributed by atoms with Crippen molar-refractivity contribution in [3.05, 3.63) is 66.1 Å². The molecular formula is C16H10N4O. The molecule has 3 rings (SSSR count). The predicted molar refractivity (Wildman–Crippen MR) is 76.9 cm³/mol. The summed E-state index contributed by atoms with van der Waals surface area (Å²) in [5, 5.41) is 13.3. The van der Waals surface area contributed by atoms with Crippen LogP contribution in [-0.4, -0.2) is 21.1 Å². The number of aromatic nitrogens is 3. The van der Waals surface area contributed by atoms with Crippen LogP contribution in [0.4, 0.5) is 0 Å². The van der Waals surface area contributed by atoms with E-state index in [-0.39, 0.29) is 0 Å². The zero-order chi connectivity index (χ0) is 14.7. The second-order valence-corrected chi connectivity index (χ2v) is 4.39. The third kappa shape index (κ3) is 2.42. The Morgan fingerprint density at radius 1 is 1.10 bits per heavy atom. The number of pyridine rings is 1. The van der Waals surface area contributed by atoms with Crippen molar-refractivity contribution in [3.63, 3.8) is 0 Å². The topological polar surface area (TPSA) is 71.6 Å². The molecule has 2 heterocycles. The number of carbonyl (C=O) groups excluding carboxylic acids is 1. The molecule has 0 saturated heterocycles. The summed E-state index contributed by atoms with van der Waals surface area (Å²) in [5.41, 5.74) is 3.28. The van der Waals surface area contributed by atoms with Crippen molar-refractivity contribution in [2.24, 2.45) is 0 Å². The lowest BCUT2D eigenvalue weighted by Gasteiger charge is -2.00. The van der Waals surface area contributed by atoms with Crippen LogP contribution in [0.5, 0.6) is 0 Å². The van der Waals surface area contributed by atoms with E-state index in [0.717, 1.165) is 17.5 Å². The molecule has 0 bridgehead atoms. The van der Waals surface area contributed by atoms with Gasteiger partial charge >= 0.3 is 0 Å². The second-order valence-electron chi connectivity index (χ2n) is 4.39. The normalized spacial score (nSPS) is 10.0. The first-order chi connectivity index (χ1) is 10.3. The van der Waals surface area contributed by atoms with Gasteiger partial charge in [-0.15, -0.1) is 0 Å². The molecule has 5 nitrogen and oxygen atoms in total. The van der Waals surface area contributed by atoms with E-state index in [1.54, 1.807) is 47.5 Å². The monoisotopic (exact) mass is 274 g/mol. The molecule has 0 aliphatic carbocycles. The summed E-state index contributed by atoms with van der Waals surface area (Å²) < 4.78 is 1.64. The fourth-order valence-electron chi connectivity index (χ4n) is 2.03. The quantitative estimate of drug-likeness (QED) is 0.688. The molecule has 100 valence electrons. The summed E-state index contributed by atoms with van der Waals surface area (Å²) in [7, 11) is 0. The number of benzene rings is 1. The number of nitriles is 1. The Bertz CT molecular complexity index is 814. The summed E-state index contributed by atoms with van der Waals surface area (Å²) >= 11 is 0. The molecule has 0 atom stereocenters. The highest BCUT2D eigenvalue weighted by Gasteiger charge is 2.11. The number of hydrogen-bond donors (Lipinski definition) is 0. The SMILES string of the molecule is N#Cc1ccc(-c2nn(-c3ccncc3)cc2C=O)cc1. The van der Waals surface area contributed by atoms with Gasteiger partial charge in [-0.3, -0.25) is 9.78 Å². The maximum absolute atomic E-state index is 11.3. The van der Waals surface area contributed by atoms with Crippen molar-refractivity contribution >= 4 is 6.29 Å². The molecule has 0 amide bonds. The largest absolute Gasteiger partial charge is 0.298 e. The number of hydrogen-bond acceptors (Lipinski definition) is 4. The van der Waals surface area contributed by atoms with Gasteiger partial charge in [-0.05, 0) is 24.3 Å². The average molecular weight is 274 g/mol. The highest BCUT2D eigenvalue weighted by Crippen LogP contribution is 2.22. The van der Waals surface area contributed by atoms with Gasteiger partial charge in [-0.25, -0.2) is 4.68 Å². The van der Waals surface area contributed by atoms with Crippen LogP contribution < -0.4 is 0 Å². The summed E-state index contributed by atoms with van der Waals surface area (Å²) in [6, 6.07) is 12.7. The standard InChI is InChI=1S/C16H10N4O/c17-9-12-1-3-13(4-2-12)16-14(11-21)10-20(19-16)15-5-7-18-8-6-15/h1-8,10-11H. The Morgan fingerprint density at radius 2 is 1.81 bits per heavy atom. The predicted octanol–water partition coefficient (Wildman–Crippen LogP) is 2.62. The van der Waals surface area contributed by atoms with Gasteiger partial charge in [0.2, 0.25) is 0 Å². The summed E-state index contributed by atoms with van der Waals surface area (Å²) in [4.78, 5) is 15.2. The number of carbonyl (C=O) groups is 1. The number of nitrogens with zero attached hydrogens (tertiary/aromatic N) is 4. The maximum atomic E-state index is 11.3. The molecule has 0 unspecified atom stereocenters. The summed E-state index contributed by atoms with van der Waals surface area (Å²) in [6.07, 6.45) is 5.78. The lowest BCUT2D eigenvalue weighted by atomic mass is 10.1. The molecule has 21 heavy (non-hydrogen) atoms. The van der Waals surface area contributed by atoms with Crippen LogP contribution in [0.25, 0.3) is 16.9 Å². The van der Waals surface area contributed by atoms with E-state index in [1.165, 1.54) is 0 Å². The Balaban J connectivity index is 2.08. The van der Waals surface area contributed by atoms with Crippen LogP contribution in [0.15, 0.2) is 55.0 Å². The van der Waals surface area contributed by atoms with Crippen molar-refractivity contribution in [1.29, 1.82) is 5.26 Å². The molecule has 0 radical (unpaired) electrons. The Kier molecular flexibility index (Phi) is 3.27. The summed E-state index contributed by atoms with van der Waals surface area (Å²) in [6.45, 7) is 0. The van der Waals surface area contributed by atoms with Gasteiger partial charge in [0.05, 0.1) is 22.9 Å². The van der Waals surface area contributed by atoms with E-state index in [9.17, 15) is 4.79 Å². The molecule has 1 aromatic carbocycles. The molecule has 0 saturated carbocycles. The van der Waals surface area contributed by atoms with Crippen molar-refractivity contribution in [2.75, 3.05) is 0 Å². The highest BCUT2D eigenvalue weighted by atomic mass is 16.1. The van der Waals surface area contributed by atoms with Crippen molar-refractivity contribution in [3.8, 4) is 23.0 Å².